The molecule has 0 aliphatic heterocycles. The Hall–Kier alpha value is -3.04. The van der Waals surface area contributed by atoms with Crippen LogP contribution < -0.4 is 15.4 Å². The van der Waals surface area contributed by atoms with Crippen LogP contribution >= 0.6 is 11.6 Å². The second-order valence-electron chi connectivity index (χ2n) is 7.33. The van der Waals surface area contributed by atoms with E-state index < -0.39 is 23.4 Å². The van der Waals surface area contributed by atoms with Crippen molar-refractivity contribution >= 4 is 23.4 Å². The first-order valence-corrected chi connectivity index (χ1v) is 9.59. The summed E-state index contributed by atoms with van der Waals surface area (Å²) >= 11 is 5.62. The van der Waals surface area contributed by atoms with Gasteiger partial charge < -0.3 is 20.5 Å². The normalized spacial score (nSPS) is 22.2. The number of nitrogens with one attached hydrogen (secondary N) is 2. The Morgan fingerprint density at radius 2 is 2.13 bits per heavy atom. The minimum atomic E-state index is -0.922. The highest BCUT2D eigenvalue weighted by molar-refractivity contribution is 6.30. The van der Waals surface area contributed by atoms with Crippen molar-refractivity contribution in [1.29, 1.82) is 0 Å². The van der Waals surface area contributed by atoms with E-state index in [4.69, 9.17) is 16.3 Å². The highest BCUT2D eigenvalue weighted by atomic mass is 35.5. The summed E-state index contributed by atoms with van der Waals surface area (Å²) in [7, 11) is 0. The number of carbonyl (C=O) groups excluding carboxylic acids is 2. The first-order valence-electron chi connectivity index (χ1n) is 9.21. The van der Waals surface area contributed by atoms with Gasteiger partial charge in [0.1, 0.15) is 17.3 Å². The van der Waals surface area contributed by atoms with Crippen molar-refractivity contribution in [3.63, 3.8) is 0 Å². The molecule has 3 N–H and O–H groups in total. The van der Waals surface area contributed by atoms with Crippen LogP contribution in [0.2, 0.25) is 5.02 Å². The molecule has 2 amide bonds. The third kappa shape index (κ3) is 4.12. The largest absolute Gasteiger partial charge is 0.484 e. The van der Waals surface area contributed by atoms with Crippen LogP contribution in [0, 0.1) is 5.82 Å². The van der Waals surface area contributed by atoms with Gasteiger partial charge in [-0.1, -0.05) is 11.6 Å². The number of benzene rings is 1. The number of aromatic nitrogens is 2. The smallest absolute Gasteiger partial charge is 0.275 e. The molecular formula is C20H18ClFN4O4. The van der Waals surface area contributed by atoms with Gasteiger partial charge in [0, 0.05) is 30.6 Å². The van der Waals surface area contributed by atoms with Crippen LogP contribution in [0.3, 0.4) is 0 Å². The van der Waals surface area contributed by atoms with Gasteiger partial charge in [0.25, 0.3) is 11.8 Å². The third-order valence-electron chi connectivity index (χ3n) is 5.11. The van der Waals surface area contributed by atoms with Gasteiger partial charge in [-0.15, -0.1) is 0 Å². The van der Waals surface area contributed by atoms with Gasteiger partial charge in [-0.05, 0) is 30.5 Å². The molecule has 1 atom stereocenters. The SMILES string of the molecule is O=C(COc1ccc(Cl)c(F)c1)NC12CC(=C(NC(=O)c3cnccn3)[C@@H](O)C1)C2. The third-order valence-corrected chi connectivity index (χ3v) is 5.42. The lowest BCUT2D eigenvalue weighted by atomic mass is 9.63. The van der Waals surface area contributed by atoms with Crippen molar-refractivity contribution in [2.24, 2.45) is 0 Å². The van der Waals surface area contributed by atoms with Crippen LogP contribution in [-0.2, 0) is 4.79 Å². The van der Waals surface area contributed by atoms with Gasteiger partial charge in [-0.25, -0.2) is 9.37 Å². The van der Waals surface area contributed by atoms with E-state index in [0.717, 1.165) is 11.6 Å². The maximum atomic E-state index is 13.4. The fourth-order valence-corrected chi connectivity index (χ4v) is 3.89. The Balaban J connectivity index is 1.33. The lowest BCUT2D eigenvalue weighted by molar-refractivity contribution is -0.126. The molecule has 0 radical (unpaired) electrons. The maximum Gasteiger partial charge on any atom is 0.275 e. The first kappa shape index (κ1) is 20.2. The molecule has 2 bridgehead atoms. The van der Waals surface area contributed by atoms with Gasteiger partial charge in [0.15, 0.2) is 6.61 Å². The van der Waals surface area contributed by atoms with E-state index in [1.54, 1.807) is 0 Å². The van der Waals surface area contributed by atoms with Crippen molar-refractivity contribution in [3.8, 4) is 5.75 Å². The number of hydrogen-bond donors (Lipinski definition) is 3. The summed E-state index contributed by atoms with van der Waals surface area (Å²) in [6.07, 6.45) is 4.58. The molecule has 0 saturated heterocycles. The highest BCUT2D eigenvalue weighted by Crippen LogP contribution is 2.47. The Bertz CT molecular complexity index is 1020. The number of halogens is 2. The number of fused-ring (bicyclic) bond motifs is 2. The fourth-order valence-electron chi connectivity index (χ4n) is 3.77. The molecule has 156 valence electrons. The van der Waals surface area contributed by atoms with E-state index in [1.807, 2.05) is 0 Å². The first-order chi connectivity index (χ1) is 14.3. The molecule has 1 fully saturated rings. The van der Waals surface area contributed by atoms with E-state index in [9.17, 15) is 19.1 Å². The van der Waals surface area contributed by atoms with Crippen molar-refractivity contribution in [2.75, 3.05) is 6.61 Å². The van der Waals surface area contributed by atoms with Crippen molar-refractivity contribution in [1.82, 2.24) is 20.6 Å². The maximum absolute atomic E-state index is 13.4. The summed E-state index contributed by atoms with van der Waals surface area (Å²) in [5.41, 5.74) is 0.890. The number of hydrogen-bond acceptors (Lipinski definition) is 6. The minimum Gasteiger partial charge on any atom is -0.484 e. The molecule has 30 heavy (non-hydrogen) atoms. The second-order valence-corrected chi connectivity index (χ2v) is 7.74. The molecular weight excluding hydrogens is 415 g/mol. The summed E-state index contributed by atoms with van der Waals surface area (Å²) in [6.45, 7) is -0.297. The van der Waals surface area contributed by atoms with E-state index in [-0.39, 0.29) is 35.4 Å². The molecule has 1 aromatic heterocycles. The van der Waals surface area contributed by atoms with E-state index in [1.165, 1.54) is 30.7 Å². The van der Waals surface area contributed by atoms with Crippen LogP contribution in [0.5, 0.6) is 5.75 Å². The number of carbonyl (C=O) groups is 2. The zero-order valence-corrected chi connectivity index (χ0v) is 16.4. The van der Waals surface area contributed by atoms with Crippen LogP contribution in [0.15, 0.2) is 48.1 Å². The number of nitrogens with zero attached hydrogens (tertiary/aromatic N) is 2. The highest BCUT2D eigenvalue weighted by Gasteiger charge is 2.50. The van der Waals surface area contributed by atoms with Crippen LogP contribution in [0.4, 0.5) is 4.39 Å². The Labute approximate surface area is 176 Å². The standard InChI is InChI=1S/C20H18ClFN4O4/c21-13-2-1-12(5-14(13)22)30-10-17(28)26-20-6-11(7-20)18(16(27)8-20)25-19(29)15-9-23-3-4-24-15/h1-5,9,16,27H,6-8,10H2,(H,25,29)(H,26,28)/t16-/m0/s1. The predicted octanol–water partition coefficient (Wildman–Crippen LogP) is 1.75. The van der Waals surface area contributed by atoms with Crippen molar-refractivity contribution in [3.05, 3.63) is 64.6 Å². The molecule has 1 aromatic carbocycles. The number of aliphatic hydroxyl groups excluding tert-OH is 1. The number of ether oxygens (including phenoxy) is 1. The Morgan fingerprint density at radius 1 is 1.33 bits per heavy atom. The topological polar surface area (TPSA) is 113 Å². The molecule has 1 heterocycles. The lowest BCUT2D eigenvalue weighted by Crippen LogP contribution is -2.61. The molecule has 3 aliphatic carbocycles. The Kier molecular flexibility index (Phi) is 5.40. The molecule has 3 aliphatic rings. The molecule has 5 rings (SSSR count). The summed E-state index contributed by atoms with van der Waals surface area (Å²) in [4.78, 5) is 32.3. The molecule has 10 heteroatoms. The number of aliphatic hydroxyl groups is 1. The van der Waals surface area contributed by atoms with Crippen molar-refractivity contribution < 1.29 is 23.8 Å². The van der Waals surface area contributed by atoms with Gasteiger partial charge in [0.2, 0.25) is 0 Å². The van der Waals surface area contributed by atoms with E-state index in [2.05, 4.69) is 20.6 Å². The summed E-state index contributed by atoms with van der Waals surface area (Å²) in [6, 6.07) is 3.92. The van der Waals surface area contributed by atoms with E-state index in [0.29, 0.717) is 18.5 Å². The summed E-state index contributed by atoms with van der Waals surface area (Å²) in [5, 5.41) is 16.0. The number of amides is 2. The summed E-state index contributed by atoms with van der Waals surface area (Å²) < 4.78 is 18.7. The van der Waals surface area contributed by atoms with Crippen LogP contribution in [-0.4, -0.2) is 45.1 Å². The predicted molar refractivity (Wildman–Crippen MR) is 104 cm³/mol. The summed E-state index contributed by atoms with van der Waals surface area (Å²) in [5.74, 6) is -1.27. The quantitative estimate of drug-likeness (QED) is 0.641. The van der Waals surface area contributed by atoms with Crippen molar-refractivity contribution in [2.45, 2.75) is 30.9 Å². The monoisotopic (exact) mass is 432 g/mol. The van der Waals surface area contributed by atoms with Gasteiger partial charge in [-0.3, -0.25) is 14.6 Å². The Morgan fingerprint density at radius 3 is 2.80 bits per heavy atom. The minimum absolute atomic E-state index is 0.0297. The zero-order chi connectivity index (χ0) is 21.3. The van der Waals surface area contributed by atoms with Gasteiger partial charge in [0.05, 0.1) is 22.9 Å². The van der Waals surface area contributed by atoms with Gasteiger partial charge >= 0.3 is 0 Å². The average molecular weight is 433 g/mol. The molecule has 0 spiro atoms. The van der Waals surface area contributed by atoms with Crippen LogP contribution in [0.1, 0.15) is 29.8 Å². The zero-order valence-electron chi connectivity index (χ0n) is 15.7. The lowest BCUT2D eigenvalue weighted by Gasteiger charge is -2.51. The number of rotatable bonds is 6. The average Bonchev–Trinajstić information content (AvgIpc) is 2.70. The molecule has 8 nitrogen and oxygen atoms in total. The second kappa shape index (κ2) is 8.00. The molecule has 0 unspecified atom stereocenters. The van der Waals surface area contributed by atoms with Crippen LogP contribution in [0.25, 0.3) is 0 Å². The van der Waals surface area contributed by atoms with Gasteiger partial charge in [-0.2, -0.15) is 0 Å². The van der Waals surface area contributed by atoms with E-state index >= 15 is 0 Å². The molecule has 1 saturated carbocycles. The fraction of sp³-hybridized carbons (Fsp3) is 0.300. The molecule has 2 aromatic rings.